The maximum Gasteiger partial charge on any atom is 0.237 e. The quantitative estimate of drug-likeness (QED) is 0.466. The van der Waals surface area contributed by atoms with Gasteiger partial charge in [0.05, 0.1) is 19.5 Å². The Kier molecular flexibility index (Phi) is 6.18. The zero-order chi connectivity index (χ0) is 19.4. The van der Waals surface area contributed by atoms with Crippen LogP contribution in [0.15, 0.2) is 35.6 Å². The number of benzene rings is 1. The normalized spacial score (nSPS) is 12.0. The van der Waals surface area contributed by atoms with Gasteiger partial charge in [-0.2, -0.15) is 0 Å². The van der Waals surface area contributed by atoms with Gasteiger partial charge in [-0.3, -0.25) is 4.79 Å². The zero-order valence-electron chi connectivity index (χ0n) is 15.6. The summed E-state index contributed by atoms with van der Waals surface area (Å²) in [6.45, 7) is 3.98. The van der Waals surface area contributed by atoms with E-state index in [9.17, 15) is 4.79 Å². The maximum atomic E-state index is 12.6. The van der Waals surface area contributed by atoms with Crippen LogP contribution in [0.1, 0.15) is 18.7 Å². The fraction of sp³-hybridized carbons (Fsp3) is 0.316. The molecule has 3 aromatic rings. The molecule has 0 fully saturated rings. The smallest absolute Gasteiger partial charge is 0.237 e. The van der Waals surface area contributed by atoms with Crippen molar-refractivity contribution in [1.29, 1.82) is 0 Å². The summed E-state index contributed by atoms with van der Waals surface area (Å²) in [6, 6.07) is 7.40. The van der Waals surface area contributed by atoms with Crippen molar-refractivity contribution < 1.29 is 14.3 Å². The molecular formula is C19H21N3O3S2. The van der Waals surface area contributed by atoms with E-state index in [1.54, 1.807) is 50.1 Å². The molecule has 1 unspecified atom stereocenters. The average Bonchev–Trinajstić information content (AvgIpc) is 3.12. The molecule has 8 heteroatoms. The first-order chi connectivity index (χ1) is 13.0. The fourth-order valence-electron chi connectivity index (χ4n) is 2.53. The molecule has 0 aliphatic carbocycles. The van der Waals surface area contributed by atoms with Gasteiger partial charge in [0, 0.05) is 22.0 Å². The minimum absolute atomic E-state index is 0.107. The van der Waals surface area contributed by atoms with Crippen LogP contribution < -0.4 is 14.8 Å². The Balaban J connectivity index is 1.74. The highest BCUT2D eigenvalue weighted by molar-refractivity contribution is 8.00. The number of hydrogen-bond acceptors (Lipinski definition) is 7. The SMILES string of the molecule is CCc1cc2c(SC(C)C(=O)Nc3ccc(OC)c(OC)c3)ncnc2s1. The lowest BCUT2D eigenvalue weighted by atomic mass is 10.2. The number of methoxy groups -OCH3 is 2. The van der Waals surface area contributed by atoms with Gasteiger partial charge in [0.15, 0.2) is 11.5 Å². The highest BCUT2D eigenvalue weighted by Crippen LogP contribution is 2.34. The summed E-state index contributed by atoms with van der Waals surface area (Å²) >= 11 is 3.10. The minimum Gasteiger partial charge on any atom is -0.493 e. The van der Waals surface area contributed by atoms with Crippen LogP contribution in [0.4, 0.5) is 5.69 Å². The molecule has 0 saturated heterocycles. The second kappa shape index (κ2) is 8.58. The van der Waals surface area contributed by atoms with Crippen molar-refractivity contribution in [2.75, 3.05) is 19.5 Å². The lowest BCUT2D eigenvalue weighted by Gasteiger charge is -2.14. The van der Waals surface area contributed by atoms with Gasteiger partial charge >= 0.3 is 0 Å². The number of hydrogen-bond donors (Lipinski definition) is 1. The van der Waals surface area contributed by atoms with E-state index in [1.807, 2.05) is 6.92 Å². The predicted octanol–water partition coefficient (Wildman–Crippen LogP) is 4.39. The maximum absolute atomic E-state index is 12.6. The largest absolute Gasteiger partial charge is 0.493 e. The molecule has 1 atom stereocenters. The molecule has 142 valence electrons. The number of aromatic nitrogens is 2. The molecular weight excluding hydrogens is 382 g/mol. The van der Waals surface area contributed by atoms with E-state index in [0.29, 0.717) is 17.2 Å². The van der Waals surface area contributed by atoms with E-state index < -0.39 is 0 Å². The number of ether oxygens (including phenoxy) is 2. The topological polar surface area (TPSA) is 73.3 Å². The summed E-state index contributed by atoms with van der Waals surface area (Å²) in [5.74, 6) is 1.08. The Labute approximate surface area is 166 Å². The molecule has 2 heterocycles. The van der Waals surface area contributed by atoms with Gasteiger partial charge in [0.2, 0.25) is 5.91 Å². The monoisotopic (exact) mass is 403 g/mol. The zero-order valence-corrected chi connectivity index (χ0v) is 17.2. The number of thioether (sulfide) groups is 1. The first kappa shape index (κ1) is 19.4. The molecule has 0 spiro atoms. The molecule has 1 N–H and O–H groups in total. The molecule has 0 bridgehead atoms. The number of fused-ring (bicyclic) bond motifs is 1. The van der Waals surface area contributed by atoms with E-state index in [4.69, 9.17) is 9.47 Å². The lowest BCUT2D eigenvalue weighted by Crippen LogP contribution is -2.22. The Morgan fingerprint density at radius 1 is 1.22 bits per heavy atom. The van der Waals surface area contributed by atoms with Crippen LogP contribution >= 0.6 is 23.1 Å². The van der Waals surface area contributed by atoms with E-state index in [1.165, 1.54) is 16.6 Å². The van der Waals surface area contributed by atoms with Crippen molar-refractivity contribution in [1.82, 2.24) is 9.97 Å². The molecule has 1 amide bonds. The molecule has 2 aromatic heterocycles. The third-order valence-electron chi connectivity index (χ3n) is 4.00. The molecule has 3 rings (SSSR count). The number of carbonyl (C=O) groups excluding carboxylic acids is 1. The Morgan fingerprint density at radius 2 is 2.00 bits per heavy atom. The summed E-state index contributed by atoms with van der Waals surface area (Å²) in [5, 5.41) is 4.43. The number of thiophene rings is 1. The molecule has 27 heavy (non-hydrogen) atoms. The van der Waals surface area contributed by atoms with Crippen molar-refractivity contribution >= 4 is 44.9 Å². The van der Waals surface area contributed by atoms with Gasteiger partial charge in [-0.25, -0.2) is 9.97 Å². The second-order valence-electron chi connectivity index (χ2n) is 5.78. The summed E-state index contributed by atoms with van der Waals surface area (Å²) in [5.41, 5.74) is 0.654. The molecule has 0 saturated carbocycles. The highest BCUT2D eigenvalue weighted by atomic mass is 32.2. The first-order valence-corrected chi connectivity index (χ1v) is 10.2. The van der Waals surface area contributed by atoms with E-state index in [-0.39, 0.29) is 11.2 Å². The van der Waals surface area contributed by atoms with Crippen molar-refractivity contribution in [3.8, 4) is 11.5 Å². The van der Waals surface area contributed by atoms with Crippen LogP contribution in [-0.2, 0) is 11.2 Å². The van der Waals surface area contributed by atoms with Crippen molar-refractivity contribution in [3.63, 3.8) is 0 Å². The van der Waals surface area contributed by atoms with Gasteiger partial charge < -0.3 is 14.8 Å². The Hall–Kier alpha value is -2.32. The van der Waals surface area contributed by atoms with Gasteiger partial charge in [-0.15, -0.1) is 11.3 Å². The van der Waals surface area contributed by atoms with Gasteiger partial charge in [0.25, 0.3) is 0 Å². The summed E-state index contributed by atoms with van der Waals surface area (Å²) < 4.78 is 10.5. The van der Waals surface area contributed by atoms with Crippen molar-refractivity contribution in [2.45, 2.75) is 30.5 Å². The van der Waals surface area contributed by atoms with Crippen molar-refractivity contribution in [3.05, 3.63) is 35.5 Å². The third kappa shape index (κ3) is 4.33. The number of aryl methyl sites for hydroxylation is 1. The molecule has 6 nitrogen and oxygen atoms in total. The first-order valence-electron chi connectivity index (χ1n) is 8.48. The van der Waals surface area contributed by atoms with Gasteiger partial charge in [-0.1, -0.05) is 18.7 Å². The number of nitrogens with zero attached hydrogens (tertiary/aromatic N) is 2. The summed E-state index contributed by atoms with van der Waals surface area (Å²) in [4.78, 5) is 23.5. The van der Waals surface area contributed by atoms with Crippen LogP contribution in [0.3, 0.4) is 0 Å². The molecule has 1 aromatic carbocycles. The van der Waals surface area contributed by atoms with Crippen LogP contribution in [0.2, 0.25) is 0 Å². The standard InChI is InChI=1S/C19H21N3O3S2/c1-5-13-9-14-18(20-10-21-19(14)27-13)26-11(2)17(23)22-12-6-7-15(24-3)16(8-12)25-4/h6-11H,5H2,1-4H3,(H,22,23). The Bertz CT molecular complexity index is 959. The minimum atomic E-state index is -0.318. The fourth-order valence-corrected chi connectivity index (χ4v) is 4.42. The number of anilines is 1. The number of rotatable bonds is 7. The van der Waals surface area contributed by atoms with E-state index >= 15 is 0 Å². The Morgan fingerprint density at radius 3 is 2.70 bits per heavy atom. The van der Waals surface area contributed by atoms with Crippen LogP contribution in [0.5, 0.6) is 11.5 Å². The van der Waals surface area contributed by atoms with Gasteiger partial charge in [-0.05, 0) is 31.5 Å². The lowest BCUT2D eigenvalue weighted by molar-refractivity contribution is -0.115. The number of carbonyl (C=O) groups is 1. The van der Waals surface area contributed by atoms with E-state index in [2.05, 4.69) is 28.3 Å². The molecule has 0 aliphatic heterocycles. The second-order valence-corrected chi connectivity index (χ2v) is 8.23. The van der Waals surface area contributed by atoms with Crippen molar-refractivity contribution in [2.24, 2.45) is 0 Å². The number of amides is 1. The average molecular weight is 404 g/mol. The van der Waals surface area contributed by atoms with Crippen LogP contribution in [-0.4, -0.2) is 35.3 Å². The molecule has 0 radical (unpaired) electrons. The number of nitrogens with one attached hydrogen (secondary N) is 1. The van der Waals surface area contributed by atoms with Gasteiger partial charge in [0.1, 0.15) is 16.2 Å². The third-order valence-corrected chi connectivity index (χ3v) is 6.30. The summed E-state index contributed by atoms with van der Waals surface area (Å²) in [6.07, 6.45) is 2.51. The molecule has 0 aliphatic rings. The van der Waals surface area contributed by atoms with Crippen LogP contribution in [0.25, 0.3) is 10.2 Å². The van der Waals surface area contributed by atoms with Crippen LogP contribution in [0, 0.1) is 0 Å². The van der Waals surface area contributed by atoms with E-state index in [0.717, 1.165) is 21.7 Å². The highest BCUT2D eigenvalue weighted by Gasteiger charge is 2.18. The predicted molar refractivity (Wildman–Crippen MR) is 110 cm³/mol. The summed E-state index contributed by atoms with van der Waals surface area (Å²) in [7, 11) is 3.14.